The van der Waals surface area contributed by atoms with Crippen LogP contribution in [0.5, 0.6) is 5.75 Å². The normalized spacial score (nSPS) is 10.6. The van der Waals surface area contributed by atoms with Crippen LogP contribution in [-0.4, -0.2) is 18.6 Å². The number of methoxy groups -OCH3 is 1. The van der Waals surface area contributed by atoms with Crippen LogP contribution in [0.15, 0.2) is 24.4 Å². The van der Waals surface area contributed by atoms with Gasteiger partial charge < -0.3 is 10.1 Å². The molecule has 1 aromatic heterocycles. The molecule has 0 aliphatic heterocycles. The summed E-state index contributed by atoms with van der Waals surface area (Å²) >= 11 is 1.73. The van der Waals surface area contributed by atoms with E-state index in [1.165, 1.54) is 4.88 Å². The first-order valence-electron chi connectivity index (χ1n) is 6.05. The summed E-state index contributed by atoms with van der Waals surface area (Å²) < 4.78 is 5.27. The molecule has 0 aliphatic carbocycles. The lowest BCUT2D eigenvalue weighted by Crippen LogP contribution is -2.10. The Morgan fingerprint density at radius 2 is 2.22 bits per heavy atom. The molecule has 2 rings (SSSR count). The zero-order valence-electron chi connectivity index (χ0n) is 11.0. The van der Waals surface area contributed by atoms with Gasteiger partial charge in [0, 0.05) is 23.2 Å². The van der Waals surface area contributed by atoms with Crippen LogP contribution in [0.25, 0.3) is 10.6 Å². The van der Waals surface area contributed by atoms with E-state index >= 15 is 0 Å². The van der Waals surface area contributed by atoms with E-state index in [0.29, 0.717) is 0 Å². The number of hydrogen-bond donors (Lipinski definition) is 1. The molecule has 1 heterocycles. The lowest BCUT2D eigenvalue weighted by molar-refractivity contribution is 0.412. The number of ether oxygens (including phenoxy) is 1. The van der Waals surface area contributed by atoms with Crippen molar-refractivity contribution in [2.45, 2.75) is 20.4 Å². The smallest absolute Gasteiger partial charge is 0.123 e. The predicted molar refractivity (Wildman–Crippen MR) is 76.2 cm³/mol. The Kier molecular flexibility index (Phi) is 4.33. The van der Waals surface area contributed by atoms with Crippen molar-refractivity contribution >= 4 is 11.3 Å². The maximum atomic E-state index is 5.27. The van der Waals surface area contributed by atoms with E-state index in [1.54, 1.807) is 18.4 Å². The second-order valence-electron chi connectivity index (χ2n) is 4.10. The van der Waals surface area contributed by atoms with Gasteiger partial charge in [0.25, 0.3) is 0 Å². The summed E-state index contributed by atoms with van der Waals surface area (Å²) in [5.74, 6) is 0.920. The third-order valence-electron chi connectivity index (χ3n) is 2.74. The first-order chi connectivity index (χ1) is 8.74. The molecule has 0 fully saturated rings. The minimum absolute atomic E-state index is 0.892. The Labute approximate surface area is 112 Å². The van der Waals surface area contributed by atoms with Gasteiger partial charge in [-0.25, -0.2) is 4.98 Å². The standard InChI is InChI=1S/C14H18N2OS/c1-4-15-8-12-9-16-14(18-12)11-5-6-13(17-3)10(2)7-11/h5-7,9,15H,4,8H2,1-3H3. The number of aromatic nitrogens is 1. The first-order valence-corrected chi connectivity index (χ1v) is 6.86. The van der Waals surface area contributed by atoms with Gasteiger partial charge >= 0.3 is 0 Å². The fourth-order valence-electron chi connectivity index (χ4n) is 1.78. The molecule has 0 aliphatic rings. The Morgan fingerprint density at radius 3 is 2.89 bits per heavy atom. The molecule has 0 unspecified atom stereocenters. The lowest BCUT2D eigenvalue weighted by atomic mass is 10.1. The van der Waals surface area contributed by atoms with Crippen LogP contribution in [0.2, 0.25) is 0 Å². The van der Waals surface area contributed by atoms with Crippen molar-refractivity contribution in [1.82, 2.24) is 10.3 Å². The largest absolute Gasteiger partial charge is 0.496 e. The van der Waals surface area contributed by atoms with Gasteiger partial charge in [0.15, 0.2) is 0 Å². The molecule has 0 bridgehead atoms. The molecule has 0 saturated carbocycles. The quantitative estimate of drug-likeness (QED) is 0.898. The van der Waals surface area contributed by atoms with Crippen molar-refractivity contribution in [2.75, 3.05) is 13.7 Å². The van der Waals surface area contributed by atoms with Gasteiger partial charge in [0.2, 0.25) is 0 Å². The van der Waals surface area contributed by atoms with Gasteiger partial charge in [-0.1, -0.05) is 6.92 Å². The number of thiazole rings is 1. The van der Waals surface area contributed by atoms with Crippen LogP contribution in [-0.2, 0) is 6.54 Å². The zero-order chi connectivity index (χ0) is 13.0. The molecular weight excluding hydrogens is 244 g/mol. The van der Waals surface area contributed by atoms with Crippen molar-refractivity contribution in [3.05, 3.63) is 34.8 Å². The van der Waals surface area contributed by atoms with Crippen LogP contribution >= 0.6 is 11.3 Å². The van der Waals surface area contributed by atoms with Crippen LogP contribution in [0, 0.1) is 6.92 Å². The van der Waals surface area contributed by atoms with E-state index in [0.717, 1.165) is 35.0 Å². The summed E-state index contributed by atoms with van der Waals surface area (Å²) in [6.07, 6.45) is 1.95. The molecule has 3 nitrogen and oxygen atoms in total. The van der Waals surface area contributed by atoms with Crippen LogP contribution in [0.1, 0.15) is 17.4 Å². The highest BCUT2D eigenvalue weighted by molar-refractivity contribution is 7.15. The molecule has 4 heteroatoms. The molecule has 18 heavy (non-hydrogen) atoms. The molecule has 1 aromatic carbocycles. The third kappa shape index (κ3) is 2.89. The number of rotatable bonds is 5. The van der Waals surface area contributed by atoms with Gasteiger partial charge in [-0.15, -0.1) is 11.3 Å². The average molecular weight is 262 g/mol. The molecule has 0 atom stereocenters. The summed E-state index contributed by atoms with van der Waals surface area (Å²) in [4.78, 5) is 5.74. The number of aryl methyl sites for hydroxylation is 1. The van der Waals surface area contributed by atoms with Gasteiger partial charge in [-0.3, -0.25) is 0 Å². The lowest BCUT2D eigenvalue weighted by Gasteiger charge is -2.05. The minimum atomic E-state index is 0.892. The van der Waals surface area contributed by atoms with Crippen LogP contribution < -0.4 is 10.1 Å². The van der Waals surface area contributed by atoms with Crippen LogP contribution in [0.4, 0.5) is 0 Å². The SMILES string of the molecule is CCNCc1cnc(-c2ccc(OC)c(C)c2)s1. The average Bonchev–Trinajstić information content (AvgIpc) is 2.85. The van der Waals surface area contributed by atoms with Crippen molar-refractivity contribution in [2.24, 2.45) is 0 Å². The maximum Gasteiger partial charge on any atom is 0.123 e. The summed E-state index contributed by atoms with van der Waals surface area (Å²) in [6.45, 7) is 6.03. The molecule has 96 valence electrons. The molecule has 0 spiro atoms. The van der Waals surface area contributed by atoms with E-state index < -0.39 is 0 Å². The van der Waals surface area contributed by atoms with Crippen LogP contribution in [0.3, 0.4) is 0 Å². The molecule has 0 amide bonds. The topological polar surface area (TPSA) is 34.2 Å². The van der Waals surface area contributed by atoms with Gasteiger partial charge in [0.05, 0.1) is 7.11 Å². The molecular formula is C14H18N2OS. The Morgan fingerprint density at radius 1 is 1.39 bits per heavy atom. The van der Waals surface area contributed by atoms with Gasteiger partial charge in [0.1, 0.15) is 10.8 Å². The highest BCUT2D eigenvalue weighted by Gasteiger charge is 2.06. The van der Waals surface area contributed by atoms with Gasteiger partial charge in [-0.05, 0) is 37.2 Å². The summed E-state index contributed by atoms with van der Waals surface area (Å²) in [7, 11) is 1.69. The molecule has 2 aromatic rings. The highest BCUT2D eigenvalue weighted by atomic mass is 32.1. The number of hydrogen-bond acceptors (Lipinski definition) is 4. The summed E-state index contributed by atoms with van der Waals surface area (Å²) in [5.41, 5.74) is 2.29. The maximum absolute atomic E-state index is 5.27. The van der Waals surface area contributed by atoms with Gasteiger partial charge in [-0.2, -0.15) is 0 Å². The predicted octanol–water partition coefficient (Wildman–Crippen LogP) is 3.24. The number of benzene rings is 1. The van der Waals surface area contributed by atoms with Crippen molar-refractivity contribution < 1.29 is 4.74 Å². The molecule has 0 radical (unpaired) electrons. The second-order valence-corrected chi connectivity index (χ2v) is 5.21. The Balaban J connectivity index is 2.20. The van der Waals surface area contributed by atoms with Crippen molar-refractivity contribution in [3.63, 3.8) is 0 Å². The van der Waals surface area contributed by atoms with E-state index in [1.807, 2.05) is 12.3 Å². The zero-order valence-corrected chi connectivity index (χ0v) is 11.8. The van der Waals surface area contributed by atoms with E-state index in [9.17, 15) is 0 Å². The highest BCUT2D eigenvalue weighted by Crippen LogP contribution is 2.29. The van der Waals surface area contributed by atoms with E-state index in [-0.39, 0.29) is 0 Å². The third-order valence-corrected chi connectivity index (χ3v) is 3.79. The fourth-order valence-corrected chi connectivity index (χ4v) is 2.66. The number of nitrogens with zero attached hydrogens (tertiary/aromatic N) is 1. The summed E-state index contributed by atoms with van der Waals surface area (Å²) in [6, 6.07) is 6.17. The van der Waals surface area contributed by atoms with Crippen molar-refractivity contribution in [1.29, 1.82) is 0 Å². The Bertz CT molecular complexity index is 522. The fraction of sp³-hybridized carbons (Fsp3) is 0.357. The first kappa shape index (κ1) is 13.1. The number of nitrogens with one attached hydrogen (secondary N) is 1. The van der Waals surface area contributed by atoms with E-state index in [4.69, 9.17) is 4.74 Å². The van der Waals surface area contributed by atoms with E-state index in [2.05, 4.69) is 36.3 Å². The monoisotopic (exact) mass is 262 g/mol. The summed E-state index contributed by atoms with van der Waals surface area (Å²) in [5, 5.41) is 4.37. The Hall–Kier alpha value is -1.39. The molecule has 1 N–H and O–H groups in total. The molecule has 0 saturated heterocycles. The van der Waals surface area contributed by atoms with Crippen molar-refractivity contribution in [3.8, 4) is 16.3 Å². The second kappa shape index (κ2) is 5.98. The minimum Gasteiger partial charge on any atom is -0.496 e.